The summed E-state index contributed by atoms with van der Waals surface area (Å²) in [5, 5.41) is 17.0. The van der Waals surface area contributed by atoms with Crippen molar-refractivity contribution < 1.29 is 14.7 Å². The highest BCUT2D eigenvalue weighted by atomic mass is 16.3. The lowest BCUT2D eigenvalue weighted by Crippen LogP contribution is -2.39. The Balaban J connectivity index is 1.32. The van der Waals surface area contributed by atoms with Gasteiger partial charge in [0.05, 0.1) is 6.54 Å². The van der Waals surface area contributed by atoms with Gasteiger partial charge in [-0.2, -0.15) is 0 Å². The summed E-state index contributed by atoms with van der Waals surface area (Å²) in [7, 11) is 3.09. The fraction of sp³-hybridized carbons (Fsp3) is 0.105. The highest BCUT2D eigenvalue weighted by Crippen LogP contribution is 2.38. The van der Waals surface area contributed by atoms with Gasteiger partial charge in [0.1, 0.15) is 11.8 Å². The fourth-order valence-electron chi connectivity index (χ4n) is 5.92. The minimum absolute atomic E-state index is 0.0290. The maximum Gasteiger partial charge on any atom is 0.261 e. The topological polar surface area (TPSA) is 64.1 Å². The van der Waals surface area contributed by atoms with Gasteiger partial charge in [-0.05, 0) is 86.4 Å². The van der Waals surface area contributed by atoms with E-state index in [0.29, 0.717) is 0 Å². The third-order valence-electron chi connectivity index (χ3n) is 8.41. The summed E-state index contributed by atoms with van der Waals surface area (Å²) in [6.07, 6.45) is 0.560. The largest absolute Gasteiger partial charge is 0.372 e. The number of carbonyl (C=O) groups excluding carboxylic acids is 2. The predicted octanol–water partition coefficient (Wildman–Crippen LogP) is 7.25. The number of anilines is 3. The number of amides is 2. The number of likely N-dealkylation sites (N-methyl/N-ethyl adjacent to an activating group) is 2. The summed E-state index contributed by atoms with van der Waals surface area (Å²) < 4.78 is 0. The summed E-state index contributed by atoms with van der Waals surface area (Å²) in [5.74, 6) is -0.904. The van der Waals surface area contributed by atoms with Gasteiger partial charge in [0, 0.05) is 31.2 Å². The van der Waals surface area contributed by atoms with Gasteiger partial charge in [-0.15, -0.1) is 0 Å². The molecule has 0 aliphatic carbocycles. The third-order valence-corrected chi connectivity index (χ3v) is 8.41. The van der Waals surface area contributed by atoms with Crippen LogP contribution in [-0.2, 0) is 9.59 Å². The molecule has 7 rings (SSSR count). The molecule has 0 saturated carbocycles. The number of hydrogen-bond donors (Lipinski definition) is 1. The molecule has 44 heavy (non-hydrogen) atoms. The lowest BCUT2D eigenvalue weighted by Gasteiger charge is -2.26. The maximum absolute atomic E-state index is 13.0. The first-order valence-corrected chi connectivity index (χ1v) is 14.6. The Bertz CT molecular complexity index is 2040. The SMILES string of the molecule is CN1CC(O)N(C)C(=O)/C(=C\c2ccc3cc(N(c4ccc5ccccc5c4)c4ccc5ccccc5c4)ccc3c2)C1=O. The van der Waals surface area contributed by atoms with Crippen LogP contribution in [0.15, 0.2) is 127 Å². The summed E-state index contributed by atoms with van der Waals surface area (Å²) >= 11 is 0. The van der Waals surface area contributed by atoms with Crippen LogP contribution in [0.1, 0.15) is 5.56 Å². The Morgan fingerprint density at radius 2 is 1.07 bits per heavy atom. The van der Waals surface area contributed by atoms with Crippen molar-refractivity contribution in [2.24, 2.45) is 0 Å². The van der Waals surface area contributed by atoms with Crippen molar-refractivity contribution >= 4 is 67.3 Å². The molecule has 6 aromatic rings. The van der Waals surface area contributed by atoms with Crippen LogP contribution in [0.5, 0.6) is 0 Å². The standard InChI is InChI=1S/C38H31N3O3/c1-39-24-36(42)40(2)38(44)35(37(39)43)20-25-11-12-31-23-34(18-15-30(31)19-25)41(32-16-13-26-7-3-5-9-28(26)21-32)33-17-14-27-8-4-6-10-29(27)22-33/h3-23,36,42H,24H2,1-2H3/b35-20-. The van der Waals surface area contributed by atoms with E-state index in [-0.39, 0.29) is 12.1 Å². The third kappa shape index (κ3) is 4.95. The van der Waals surface area contributed by atoms with E-state index < -0.39 is 18.0 Å². The molecule has 0 radical (unpaired) electrons. The van der Waals surface area contributed by atoms with Gasteiger partial charge in [-0.3, -0.25) is 9.59 Å². The van der Waals surface area contributed by atoms with E-state index in [9.17, 15) is 14.7 Å². The molecule has 1 fully saturated rings. The number of aliphatic hydroxyl groups is 1. The molecule has 216 valence electrons. The van der Waals surface area contributed by atoms with Gasteiger partial charge in [0.15, 0.2) is 0 Å². The number of rotatable bonds is 4. The molecule has 1 N–H and O–H groups in total. The zero-order valence-electron chi connectivity index (χ0n) is 24.5. The summed E-state index contributed by atoms with van der Waals surface area (Å²) in [5.41, 5.74) is 3.89. The van der Waals surface area contributed by atoms with E-state index in [1.807, 2.05) is 18.2 Å². The van der Waals surface area contributed by atoms with Crippen molar-refractivity contribution in [3.05, 3.63) is 132 Å². The van der Waals surface area contributed by atoms with Crippen molar-refractivity contribution in [2.75, 3.05) is 25.5 Å². The van der Waals surface area contributed by atoms with Crippen molar-refractivity contribution in [3.8, 4) is 0 Å². The number of fused-ring (bicyclic) bond motifs is 3. The number of hydrogen-bond acceptors (Lipinski definition) is 4. The van der Waals surface area contributed by atoms with Crippen LogP contribution in [0, 0.1) is 0 Å². The Hall–Kier alpha value is -5.46. The monoisotopic (exact) mass is 577 g/mol. The first kappa shape index (κ1) is 27.4. The van der Waals surface area contributed by atoms with Gasteiger partial charge in [0.2, 0.25) is 0 Å². The van der Waals surface area contributed by atoms with E-state index in [4.69, 9.17) is 0 Å². The quantitative estimate of drug-likeness (QED) is 0.177. The molecule has 6 aromatic carbocycles. The highest BCUT2D eigenvalue weighted by molar-refractivity contribution is 6.22. The van der Waals surface area contributed by atoms with Gasteiger partial charge in [0.25, 0.3) is 11.8 Å². The van der Waals surface area contributed by atoms with E-state index in [1.54, 1.807) is 13.1 Å². The Morgan fingerprint density at radius 1 is 0.614 bits per heavy atom. The van der Waals surface area contributed by atoms with Crippen LogP contribution in [0.25, 0.3) is 38.4 Å². The molecule has 1 aliphatic rings. The lowest BCUT2D eigenvalue weighted by atomic mass is 10.0. The number of nitrogens with zero attached hydrogens (tertiary/aromatic N) is 3. The van der Waals surface area contributed by atoms with Gasteiger partial charge < -0.3 is 19.8 Å². The van der Waals surface area contributed by atoms with Crippen LogP contribution < -0.4 is 4.90 Å². The predicted molar refractivity (Wildman–Crippen MR) is 178 cm³/mol. The van der Waals surface area contributed by atoms with Crippen LogP contribution in [0.4, 0.5) is 17.1 Å². The van der Waals surface area contributed by atoms with Gasteiger partial charge >= 0.3 is 0 Å². The molecular weight excluding hydrogens is 546 g/mol. The van der Waals surface area contributed by atoms with E-state index in [1.165, 1.54) is 38.4 Å². The number of carbonyl (C=O) groups is 2. The van der Waals surface area contributed by atoms with Gasteiger partial charge in [-0.25, -0.2) is 0 Å². The van der Waals surface area contributed by atoms with Gasteiger partial charge in [-0.1, -0.05) is 78.9 Å². The summed E-state index contributed by atoms with van der Waals surface area (Å²) in [6.45, 7) is 0.0594. The molecular formula is C38H31N3O3. The second-order valence-corrected chi connectivity index (χ2v) is 11.3. The average Bonchev–Trinajstić information content (AvgIpc) is 3.11. The van der Waals surface area contributed by atoms with Crippen molar-refractivity contribution in [2.45, 2.75) is 6.23 Å². The molecule has 1 atom stereocenters. The molecule has 6 nitrogen and oxygen atoms in total. The number of benzene rings is 6. The second kappa shape index (κ2) is 11.0. The smallest absolute Gasteiger partial charge is 0.261 e. The minimum Gasteiger partial charge on any atom is -0.372 e. The number of aliphatic hydroxyl groups excluding tert-OH is 1. The average molecular weight is 578 g/mol. The highest BCUT2D eigenvalue weighted by Gasteiger charge is 2.33. The Labute approximate surface area is 255 Å². The summed E-state index contributed by atoms with van der Waals surface area (Å²) in [6, 6.07) is 42.0. The molecule has 0 aromatic heterocycles. The van der Waals surface area contributed by atoms with E-state index >= 15 is 0 Å². The zero-order valence-corrected chi connectivity index (χ0v) is 24.5. The van der Waals surface area contributed by atoms with E-state index in [2.05, 4.69) is 108 Å². The molecule has 1 aliphatic heterocycles. The zero-order chi connectivity index (χ0) is 30.4. The lowest BCUT2D eigenvalue weighted by molar-refractivity contribution is -0.133. The van der Waals surface area contributed by atoms with Crippen molar-refractivity contribution in [1.29, 1.82) is 0 Å². The van der Waals surface area contributed by atoms with E-state index in [0.717, 1.165) is 33.4 Å². The van der Waals surface area contributed by atoms with Crippen molar-refractivity contribution in [3.63, 3.8) is 0 Å². The van der Waals surface area contributed by atoms with Crippen molar-refractivity contribution in [1.82, 2.24) is 9.80 Å². The molecule has 6 heteroatoms. The molecule has 0 bridgehead atoms. The van der Waals surface area contributed by atoms with Crippen LogP contribution >= 0.6 is 0 Å². The Kier molecular flexibility index (Phi) is 6.84. The Morgan fingerprint density at radius 3 is 1.64 bits per heavy atom. The maximum atomic E-state index is 13.0. The first-order chi connectivity index (χ1) is 21.4. The normalized spacial score (nSPS) is 16.7. The summed E-state index contributed by atoms with van der Waals surface area (Å²) in [4.78, 5) is 30.8. The second-order valence-electron chi connectivity index (χ2n) is 11.3. The molecule has 1 unspecified atom stereocenters. The molecule has 1 heterocycles. The first-order valence-electron chi connectivity index (χ1n) is 14.6. The van der Waals surface area contributed by atoms with Crippen LogP contribution in [0.3, 0.4) is 0 Å². The molecule has 2 amide bonds. The minimum atomic E-state index is -1.05. The number of β-amino-alcohol motifs (C(OH)–C–C–N with tert-alkyl or cyclic N) is 1. The fourth-order valence-corrected chi connectivity index (χ4v) is 5.92. The molecule has 1 saturated heterocycles. The molecule has 0 spiro atoms. The van der Waals surface area contributed by atoms with Crippen LogP contribution in [-0.4, -0.2) is 53.6 Å². The van der Waals surface area contributed by atoms with Crippen LogP contribution in [0.2, 0.25) is 0 Å².